The molecule has 9 heteroatoms. The van der Waals surface area contributed by atoms with Gasteiger partial charge < -0.3 is 10.7 Å². The Morgan fingerprint density at radius 2 is 2.14 bits per heavy atom. The molecule has 0 aliphatic carbocycles. The molecule has 0 saturated carbocycles. The largest absolute Gasteiger partial charge is 0.344 e. The highest BCUT2D eigenvalue weighted by molar-refractivity contribution is 8.00. The van der Waals surface area contributed by atoms with Crippen LogP contribution in [0.2, 0.25) is 0 Å². The maximum Gasteiger partial charge on any atom is 0.282 e. The number of aromatic nitrogens is 2. The third-order valence-corrected chi connectivity index (χ3v) is 6.18. The lowest BCUT2D eigenvalue weighted by Gasteiger charge is -2.20. The van der Waals surface area contributed by atoms with Crippen LogP contribution in [0.3, 0.4) is 0 Å². The molecule has 3 aromatic rings. The third-order valence-electron chi connectivity index (χ3n) is 4.26. The van der Waals surface area contributed by atoms with Gasteiger partial charge in [0.2, 0.25) is 5.91 Å². The molecule has 144 valence electrons. The molecule has 28 heavy (non-hydrogen) atoms. The number of nitrogens with two attached hydrogens (primary N) is 1. The van der Waals surface area contributed by atoms with Gasteiger partial charge in [0.05, 0.1) is 23.1 Å². The summed E-state index contributed by atoms with van der Waals surface area (Å²) in [7, 11) is 1.65. The molecule has 2 aromatic heterocycles. The van der Waals surface area contributed by atoms with E-state index in [1.807, 2.05) is 41.8 Å². The number of thioether (sulfide) groups is 1. The summed E-state index contributed by atoms with van der Waals surface area (Å²) in [6.07, 6.45) is 0.267. The number of nitriles is 1. The van der Waals surface area contributed by atoms with E-state index in [9.17, 15) is 9.59 Å². The van der Waals surface area contributed by atoms with Crippen LogP contribution in [-0.2, 0) is 4.79 Å². The molecule has 0 fully saturated rings. The Balaban J connectivity index is 1.92. The molecule has 3 rings (SSSR count). The molecule has 1 atom stereocenters. The molecule has 0 aliphatic rings. The highest BCUT2D eigenvalue weighted by Gasteiger charge is 2.22. The van der Waals surface area contributed by atoms with Gasteiger partial charge >= 0.3 is 0 Å². The highest BCUT2D eigenvalue weighted by Crippen LogP contribution is 2.32. The summed E-state index contributed by atoms with van der Waals surface area (Å²) in [4.78, 5) is 31.9. The van der Waals surface area contributed by atoms with Gasteiger partial charge in [-0.25, -0.2) is 9.66 Å². The quantitative estimate of drug-likeness (QED) is 0.378. The number of carbonyl (C=O) groups is 1. The van der Waals surface area contributed by atoms with E-state index in [-0.39, 0.29) is 23.0 Å². The fourth-order valence-electron chi connectivity index (χ4n) is 2.74. The van der Waals surface area contributed by atoms with E-state index in [1.165, 1.54) is 16.2 Å². The van der Waals surface area contributed by atoms with Gasteiger partial charge in [-0.2, -0.15) is 5.26 Å². The van der Waals surface area contributed by atoms with Gasteiger partial charge in [-0.3, -0.25) is 9.59 Å². The molecular formula is C19H19N5O2S2. The Kier molecular flexibility index (Phi) is 6.02. The van der Waals surface area contributed by atoms with E-state index >= 15 is 0 Å². The molecule has 2 heterocycles. The molecule has 7 nitrogen and oxygen atoms in total. The number of benzene rings is 1. The molecule has 1 aromatic carbocycles. The van der Waals surface area contributed by atoms with Crippen molar-refractivity contribution in [1.82, 2.24) is 14.6 Å². The van der Waals surface area contributed by atoms with Gasteiger partial charge in [0.15, 0.2) is 5.16 Å². The highest BCUT2D eigenvalue weighted by atomic mass is 32.2. The van der Waals surface area contributed by atoms with Crippen LogP contribution in [-0.4, -0.2) is 39.3 Å². The average molecular weight is 414 g/mol. The SMILES string of the molecule is C[C@@H](Sc1nc2scc(-c3ccccc3)c2c(=O)n1N)C(=O)N(C)CCC#N. The van der Waals surface area contributed by atoms with Crippen molar-refractivity contribution in [2.24, 2.45) is 0 Å². The van der Waals surface area contributed by atoms with Crippen molar-refractivity contribution in [2.45, 2.75) is 23.8 Å². The molecule has 0 radical (unpaired) electrons. The van der Waals surface area contributed by atoms with Crippen molar-refractivity contribution in [2.75, 3.05) is 19.4 Å². The number of hydrogen-bond donors (Lipinski definition) is 1. The molecule has 0 bridgehead atoms. The molecular weight excluding hydrogens is 394 g/mol. The van der Waals surface area contributed by atoms with Crippen LogP contribution < -0.4 is 11.4 Å². The summed E-state index contributed by atoms with van der Waals surface area (Å²) in [5.74, 6) is 5.87. The minimum atomic E-state index is -0.489. The summed E-state index contributed by atoms with van der Waals surface area (Å²) in [6.45, 7) is 2.09. The lowest BCUT2D eigenvalue weighted by atomic mass is 10.1. The predicted molar refractivity (Wildman–Crippen MR) is 113 cm³/mol. The number of carbonyl (C=O) groups excluding carboxylic acids is 1. The minimum Gasteiger partial charge on any atom is -0.344 e. The topological polar surface area (TPSA) is 105 Å². The van der Waals surface area contributed by atoms with Crippen LogP contribution >= 0.6 is 23.1 Å². The van der Waals surface area contributed by atoms with Crippen molar-refractivity contribution in [1.29, 1.82) is 5.26 Å². The molecule has 1 amide bonds. The Morgan fingerprint density at radius 3 is 2.82 bits per heavy atom. The molecule has 2 N–H and O–H groups in total. The van der Waals surface area contributed by atoms with Gasteiger partial charge in [-0.1, -0.05) is 42.1 Å². The van der Waals surface area contributed by atoms with E-state index < -0.39 is 5.25 Å². The second-order valence-corrected chi connectivity index (χ2v) is 8.36. The fourth-order valence-corrected chi connectivity index (χ4v) is 4.68. The summed E-state index contributed by atoms with van der Waals surface area (Å²) >= 11 is 2.51. The molecule has 0 aliphatic heterocycles. The molecule has 0 unspecified atom stereocenters. The van der Waals surface area contributed by atoms with E-state index in [4.69, 9.17) is 11.1 Å². The first kappa shape index (κ1) is 19.9. The standard InChI is InChI=1S/C19H19N5O2S2/c1-12(17(25)23(2)10-6-9-20)28-19-22-16-15(18(26)24(19)21)14(11-27-16)13-7-4-3-5-8-13/h3-5,7-8,11-12H,6,10,21H2,1-2H3/t12-/m1/s1. The smallest absolute Gasteiger partial charge is 0.282 e. The van der Waals surface area contributed by atoms with Crippen molar-refractivity contribution in [3.63, 3.8) is 0 Å². The Labute approximate surface area is 170 Å². The van der Waals surface area contributed by atoms with Gasteiger partial charge in [-0.05, 0) is 12.5 Å². The Bertz CT molecular complexity index is 1100. The van der Waals surface area contributed by atoms with Crippen molar-refractivity contribution < 1.29 is 4.79 Å². The van der Waals surface area contributed by atoms with Gasteiger partial charge in [-0.15, -0.1) is 11.3 Å². The van der Waals surface area contributed by atoms with Gasteiger partial charge in [0.1, 0.15) is 4.83 Å². The zero-order valence-electron chi connectivity index (χ0n) is 15.5. The number of amides is 1. The number of hydrogen-bond acceptors (Lipinski definition) is 7. The number of thiophene rings is 1. The van der Waals surface area contributed by atoms with Crippen LogP contribution in [0.5, 0.6) is 0 Å². The second kappa shape index (κ2) is 8.46. The van der Waals surface area contributed by atoms with Crippen LogP contribution in [0.1, 0.15) is 13.3 Å². The molecule has 0 spiro atoms. The number of nitrogens with zero attached hydrogens (tertiary/aromatic N) is 4. The number of fused-ring (bicyclic) bond motifs is 1. The third kappa shape index (κ3) is 3.88. The van der Waals surface area contributed by atoms with Crippen LogP contribution in [0.15, 0.2) is 45.7 Å². The fraction of sp³-hybridized carbons (Fsp3) is 0.263. The van der Waals surface area contributed by atoms with Crippen LogP contribution in [0.25, 0.3) is 21.3 Å². The first-order chi connectivity index (χ1) is 13.4. The lowest BCUT2D eigenvalue weighted by molar-refractivity contribution is -0.128. The number of nitrogen functional groups attached to an aromatic ring is 1. The zero-order valence-corrected chi connectivity index (χ0v) is 17.1. The number of rotatable bonds is 6. The van der Waals surface area contributed by atoms with Crippen molar-refractivity contribution >= 4 is 39.2 Å². The van der Waals surface area contributed by atoms with E-state index in [0.29, 0.717) is 16.8 Å². The van der Waals surface area contributed by atoms with Gasteiger partial charge in [0.25, 0.3) is 5.56 Å². The lowest BCUT2D eigenvalue weighted by Crippen LogP contribution is -2.35. The summed E-state index contributed by atoms with van der Waals surface area (Å²) in [5, 5.41) is 10.8. The van der Waals surface area contributed by atoms with Crippen LogP contribution in [0.4, 0.5) is 0 Å². The summed E-state index contributed by atoms with van der Waals surface area (Å²) in [6, 6.07) is 11.6. The average Bonchev–Trinajstić information content (AvgIpc) is 3.13. The van der Waals surface area contributed by atoms with Crippen molar-refractivity contribution in [3.05, 3.63) is 46.1 Å². The van der Waals surface area contributed by atoms with Crippen molar-refractivity contribution in [3.8, 4) is 17.2 Å². The Hall–Kier alpha value is -2.83. The summed E-state index contributed by atoms with van der Waals surface area (Å²) < 4.78 is 1.01. The maximum atomic E-state index is 12.9. The molecule has 0 saturated heterocycles. The first-order valence-electron chi connectivity index (χ1n) is 8.57. The first-order valence-corrected chi connectivity index (χ1v) is 10.3. The zero-order chi connectivity index (χ0) is 20.3. The van der Waals surface area contributed by atoms with E-state index in [0.717, 1.165) is 27.6 Å². The van der Waals surface area contributed by atoms with E-state index in [2.05, 4.69) is 4.98 Å². The minimum absolute atomic E-state index is 0.147. The van der Waals surface area contributed by atoms with Crippen LogP contribution in [0, 0.1) is 11.3 Å². The predicted octanol–water partition coefficient (Wildman–Crippen LogP) is 2.69. The van der Waals surface area contributed by atoms with Gasteiger partial charge in [0, 0.05) is 24.5 Å². The van der Waals surface area contributed by atoms with E-state index in [1.54, 1.807) is 14.0 Å². The summed E-state index contributed by atoms with van der Waals surface area (Å²) in [5.41, 5.74) is 1.38. The normalized spacial score (nSPS) is 11.9. The second-order valence-electron chi connectivity index (χ2n) is 6.19. The maximum absolute atomic E-state index is 12.9. The Morgan fingerprint density at radius 1 is 1.43 bits per heavy atom. The monoisotopic (exact) mass is 413 g/mol.